The summed E-state index contributed by atoms with van der Waals surface area (Å²) < 4.78 is 0. The molecule has 1 fully saturated rings. The maximum atomic E-state index is 11.8. The summed E-state index contributed by atoms with van der Waals surface area (Å²) in [5.74, 6) is 1.10. The summed E-state index contributed by atoms with van der Waals surface area (Å²) in [6, 6.07) is 0. The number of rotatable bonds is 0. The Morgan fingerprint density at radius 3 is 3.00 bits per heavy atom. The first-order chi connectivity index (χ1) is 5.65. The fourth-order valence-electron chi connectivity index (χ4n) is 2.71. The third kappa shape index (κ3) is 0.825. The topological polar surface area (TPSA) is 17.1 Å². The summed E-state index contributed by atoms with van der Waals surface area (Å²) in [4.78, 5) is 11.8. The van der Waals surface area contributed by atoms with E-state index in [0.29, 0.717) is 11.7 Å². The molecule has 0 aromatic heterocycles. The average Bonchev–Trinajstić information content (AvgIpc) is 2.33. The standard InChI is InChI=1S/C11H16O/c1-8-6-7-9-4-3-5-10(12)11(8,9)2/h6,9H,3-5,7H2,1-2H3/t9-,11+/m0/s1. The first kappa shape index (κ1) is 8.03. The van der Waals surface area contributed by atoms with Gasteiger partial charge in [0.05, 0.1) is 0 Å². The second-order valence-electron chi connectivity index (χ2n) is 4.34. The lowest BCUT2D eigenvalue weighted by Crippen LogP contribution is -2.37. The first-order valence-corrected chi connectivity index (χ1v) is 4.86. The van der Waals surface area contributed by atoms with E-state index in [-0.39, 0.29) is 5.41 Å². The molecule has 0 saturated heterocycles. The Morgan fingerprint density at radius 2 is 2.33 bits per heavy atom. The number of ketones is 1. The van der Waals surface area contributed by atoms with Crippen LogP contribution in [0.4, 0.5) is 0 Å². The van der Waals surface area contributed by atoms with Crippen molar-refractivity contribution >= 4 is 5.78 Å². The predicted octanol–water partition coefficient (Wildman–Crippen LogP) is 2.71. The number of allylic oxidation sites excluding steroid dienone is 2. The van der Waals surface area contributed by atoms with Gasteiger partial charge in [-0.2, -0.15) is 0 Å². The highest BCUT2D eigenvalue weighted by atomic mass is 16.1. The number of hydrogen-bond acceptors (Lipinski definition) is 1. The lowest BCUT2D eigenvalue weighted by atomic mass is 9.66. The van der Waals surface area contributed by atoms with Gasteiger partial charge in [-0.15, -0.1) is 0 Å². The minimum Gasteiger partial charge on any atom is -0.299 e. The minimum absolute atomic E-state index is 0.0712. The number of carbonyl (C=O) groups is 1. The Balaban J connectivity index is 2.36. The van der Waals surface area contributed by atoms with Crippen LogP contribution in [-0.2, 0) is 4.79 Å². The molecule has 1 heteroatoms. The molecule has 0 amide bonds. The van der Waals surface area contributed by atoms with Gasteiger partial charge in [-0.3, -0.25) is 4.79 Å². The van der Waals surface area contributed by atoms with Crippen molar-refractivity contribution in [3.05, 3.63) is 11.6 Å². The van der Waals surface area contributed by atoms with E-state index in [9.17, 15) is 4.79 Å². The fourth-order valence-corrected chi connectivity index (χ4v) is 2.71. The van der Waals surface area contributed by atoms with Crippen LogP contribution in [0.15, 0.2) is 11.6 Å². The normalized spacial score (nSPS) is 41.0. The molecule has 1 saturated carbocycles. The number of Topliss-reactive ketones (excluding diaryl/α,β-unsaturated/α-hetero) is 1. The van der Waals surface area contributed by atoms with Crippen LogP contribution in [0.3, 0.4) is 0 Å². The van der Waals surface area contributed by atoms with E-state index < -0.39 is 0 Å². The van der Waals surface area contributed by atoms with Crippen molar-refractivity contribution in [2.75, 3.05) is 0 Å². The molecule has 2 aliphatic carbocycles. The maximum absolute atomic E-state index is 11.8. The van der Waals surface area contributed by atoms with Crippen molar-refractivity contribution in [2.24, 2.45) is 11.3 Å². The van der Waals surface area contributed by atoms with Crippen molar-refractivity contribution in [3.63, 3.8) is 0 Å². The van der Waals surface area contributed by atoms with Crippen molar-refractivity contribution < 1.29 is 4.79 Å². The zero-order valence-electron chi connectivity index (χ0n) is 7.89. The molecule has 0 heterocycles. The Kier molecular flexibility index (Phi) is 1.64. The van der Waals surface area contributed by atoms with Gasteiger partial charge >= 0.3 is 0 Å². The van der Waals surface area contributed by atoms with Gasteiger partial charge in [-0.25, -0.2) is 0 Å². The molecular weight excluding hydrogens is 148 g/mol. The SMILES string of the molecule is CC1=CC[C@@H]2CCCC(=O)[C@]12C. The molecule has 0 aromatic rings. The molecular formula is C11H16O. The molecule has 0 spiro atoms. The summed E-state index contributed by atoms with van der Waals surface area (Å²) in [5.41, 5.74) is 1.25. The van der Waals surface area contributed by atoms with E-state index in [4.69, 9.17) is 0 Å². The molecule has 0 N–H and O–H groups in total. The minimum atomic E-state index is -0.0712. The lowest BCUT2D eigenvalue weighted by molar-refractivity contribution is -0.130. The van der Waals surface area contributed by atoms with Gasteiger partial charge in [0, 0.05) is 11.8 Å². The van der Waals surface area contributed by atoms with Crippen molar-refractivity contribution in [3.8, 4) is 0 Å². The van der Waals surface area contributed by atoms with E-state index >= 15 is 0 Å². The van der Waals surface area contributed by atoms with E-state index in [1.165, 1.54) is 12.0 Å². The molecule has 1 nitrogen and oxygen atoms in total. The number of hydrogen-bond donors (Lipinski definition) is 0. The quantitative estimate of drug-likeness (QED) is 0.503. The average molecular weight is 164 g/mol. The highest BCUT2D eigenvalue weighted by Gasteiger charge is 2.46. The molecule has 0 unspecified atom stereocenters. The van der Waals surface area contributed by atoms with E-state index in [1.54, 1.807) is 0 Å². The molecule has 0 bridgehead atoms. The second-order valence-corrected chi connectivity index (χ2v) is 4.34. The monoisotopic (exact) mass is 164 g/mol. The Hall–Kier alpha value is -0.590. The van der Waals surface area contributed by atoms with E-state index in [1.807, 2.05) is 0 Å². The van der Waals surface area contributed by atoms with Crippen molar-refractivity contribution in [1.82, 2.24) is 0 Å². The van der Waals surface area contributed by atoms with Gasteiger partial charge in [0.15, 0.2) is 0 Å². The summed E-state index contributed by atoms with van der Waals surface area (Å²) in [6.07, 6.45) is 6.55. The fraction of sp³-hybridized carbons (Fsp3) is 0.727. The van der Waals surface area contributed by atoms with Gasteiger partial charge in [0.25, 0.3) is 0 Å². The van der Waals surface area contributed by atoms with Crippen LogP contribution >= 0.6 is 0 Å². The summed E-state index contributed by atoms with van der Waals surface area (Å²) in [5, 5.41) is 0. The van der Waals surface area contributed by atoms with Gasteiger partial charge in [0.2, 0.25) is 0 Å². The molecule has 0 radical (unpaired) electrons. The zero-order valence-corrected chi connectivity index (χ0v) is 7.89. The zero-order chi connectivity index (χ0) is 8.77. The van der Waals surface area contributed by atoms with Crippen LogP contribution in [0, 0.1) is 11.3 Å². The van der Waals surface area contributed by atoms with Crippen molar-refractivity contribution in [1.29, 1.82) is 0 Å². The summed E-state index contributed by atoms with van der Waals surface area (Å²) >= 11 is 0. The smallest absolute Gasteiger partial charge is 0.143 e. The van der Waals surface area contributed by atoms with Gasteiger partial charge in [0.1, 0.15) is 5.78 Å². The lowest BCUT2D eigenvalue weighted by Gasteiger charge is -2.36. The highest BCUT2D eigenvalue weighted by molar-refractivity contribution is 5.89. The predicted molar refractivity (Wildman–Crippen MR) is 48.8 cm³/mol. The highest BCUT2D eigenvalue weighted by Crippen LogP contribution is 2.49. The maximum Gasteiger partial charge on any atom is 0.143 e. The summed E-state index contributed by atoms with van der Waals surface area (Å²) in [6.45, 7) is 4.25. The third-order valence-corrected chi connectivity index (χ3v) is 3.88. The molecule has 12 heavy (non-hydrogen) atoms. The van der Waals surface area contributed by atoms with Crippen LogP contribution in [-0.4, -0.2) is 5.78 Å². The van der Waals surface area contributed by atoms with E-state index in [2.05, 4.69) is 19.9 Å². The van der Waals surface area contributed by atoms with Crippen LogP contribution in [0.1, 0.15) is 39.5 Å². The second kappa shape index (κ2) is 2.45. The summed E-state index contributed by atoms with van der Waals surface area (Å²) in [7, 11) is 0. The van der Waals surface area contributed by atoms with Gasteiger partial charge < -0.3 is 0 Å². The van der Waals surface area contributed by atoms with Crippen LogP contribution in [0.25, 0.3) is 0 Å². The molecule has 2 atom stereocenters. The van der Waals surface area contributed by atoms with Crippen LogP contribution in [0.2, 0.25) is 0 Å². The molecule has 66 valence electrons. The first-order valence-electron chi connectivity index (χ1n) is 4.86. The van der Waals surface area contributed by atoms with Gasteiger partial charge in [-0.1, -0.05) is 11.6 Å². The van der Waals surface area contributed by atoms with Crippen LogP contribution < -0.4 is 0 Å². The molecule has 2 rings (SSSR count). The Bertz CT molecular complexity index is 252. The van der Waals surface area contributed by atoms with Crippen molar-refractivity contribution in [2.45, 2.75) is 39.5 Å². The number of carbonyl (C=O) groups excluding carboxylic acids is 1. The largest absolute Gasteiger partial charge is 0.299 e. The molecule has 0 aliphatic heterocycles. The van der Waals surface area contributed by atoms with Gasteiger partial charge in [-0.05, 0) is 39.0 Å². The Morgan fingerprint density at radius 1 is 1.58 bits per heavy atom. The molecule has 0 aromatic carbocycles. The molecule has 2 aliphatic rings. The van der Waals surface area contributed by atoms with E-state index in [0.717, 1.165) is 19.3 Å². The third-order valence-electron chi connectivity index (χ3n) is 3.88. The van der Waals surface area contributed by atoms with Crippen LogP contribution in [0.5, 0.6) is 0 Å². The number of fused-ring (bicyclic) bond motifs is 1. The Labute approximate surface area is 73.8 Å².